The van der Waals surface area contributed by atoms with E-state index >= 15 is 0 Å². The number of rotatable bonds is 3. The Morgan fingerprint density at radius 3 is 2.83 bits per heavy atom. The maximum absolute atomic E-state index is 12.4. The van der Waals surface area contributed by atoms with Crippen molar-refractivity contribution in [2.24, 2.45) is 0 Å². The van der Waals surface area contributed by atoms with Crippen LogP contribution in [0.3, 0.4) is 0 Å². The van der Waals surface area contributed by atoms with E-state index < -0.39 is 12.0 Å². The summed E-state index contributed by atoms with van der Waals surface area (Å²) < 4.78 is 24.8. The van der Waals surface area contributed by atoms with Crippen LogP contribution >= 0.6 is 0 Å². The van der Waals surface area contributed by atoms with Crippen molar-refractivity contribution in [3.63, 3.8) is 0 Å². The van der Waals surface area contributed by atoms with Crippen LogP contribution in [0.4, 0.5) is 8.78 Å². The number of imidazole rings is 1. The minimum atomic E-state index is -3.08. The molecule has 5 heteroatoms. The average molecular weight is 176 g/mol. The number of nitrogens with one attached hydrogen (secondary N) is 1. The van der Waals surface area contributed by atoms with Gasteiger partial charge in [0, 0.05) is 25.7 Å². The van der Waals surface area contributed by atoms with Crippen molar-refractivity contribution in [3.8, 4) is 0 Å². The first kappa shape index (κ1) is 9.12. The van der Waals surface area contributed by atoms with Crippen LogP contribution in [-0.4, -0.2) is 27.1 Å². The Morgan fingerprint density at radius 1 is 1.75 bits per heavy atom. The lowest BCUT2D eigenvalue weighted by Gasteiger charge is -2.16. The van der Waals surface area contributed by atoms with Gasteiger partial charge < -0.3 is 10.1 Å². The molecule has 2 N–H and O–H groups in total. The third-order valence-corrected chi connectivity index (χ3v) is 1.53. The molecule has 0 aliphatic heterocycles. The number of hydrogen-bond acceptors (Lipinski definition) is 2. The molecule has 1 unspecified atom stereocenters. The number of aliphatic hydroxyl groups excluding tert-OH is 1. The number of aromatic amines is 1. The van der Waals surface area contributed by atoms with Gasteiger partial charge in [0.05, 0.1) is 0 Å². The van der Waals surface area contributed by atoms with E-state index in [1.165, 1.54) is 12.4 Å². The zero-order valence-electron chi connectivity index (χ0n) is 6.59. The first-order valence-electron chi connectivity index (χ1n) is 3.54. The fraction of sp³-hybridized carbons (Fsp3) is 0.571. The molecule has 0 bridgehead atoms. The molecule has 1 heterocycles. The Bertz CT molecular complexity index is 230. The molecule has 0 saturated heterocycles. The zero-order chi connectivity index (χ0) is 9.19. The number of hydrogen-bond donors (Lipinski definition) is 2. The molecule has 12 heavy (non-hydrogen) atoms. The van der Waals surface area contributed by atoms with Crippen LogP contribution in [0, 0.1) is 0 Å². The van der Waals surface area contributed by atoms with E-state index in [1.807, 2.05) is 0 Å². The number of nitrogens with zero attached hydrogens (tertiary/aromatic N) is 1. The summed E-state index contributed by atoms with van der Waals surface area (Å²) in [7, 11) is 0. The second-order valence-corrected chi connectivity index (χ2v) is 2.71. The second-order valence-electron chi connectivity index (χ2n) is 2.71. The maximum atomic E-state index is 12.4. The molecule has 0 amide bonds. The van der Waals surface area contributed by atoms with Gasteiger partial charge in [-0.05, 0) is 0 Å². The van der Waals surface area contributed by atoms with E-state index in [0.29, 0.717) is 12.7 Å². The predicted molar refractivity (Wildman–Crippen MR) is 38.9 cm³/mol. The summed E-state index contributed by atoms with van der Waals surface area (Å²) in [4.78, 5) is 6.36. The summed E-state index contributed by atoms with van der Waals surface area (Å²) >= 11 is 0. The molecule has 1 aromatic rings. The summed E-state index contributed by atoms with van der Waals surface area (Å²) in [5, 5.41) is 8.95. The zero-order valence-corrected chi connectivity index (χ0v) is 6.59. The lowest BCUT2D eigenvalue weighted by molar-refractivity contribution is -0.0927. The minimum absolute atomic E-state index is 0.156. The summed E-state index contributed by atoms with van der Waals surface area (Å²) in [6.07, 6.45) is 1.14. The van der Waals surface area contributed by atoms with Crippen molar-refractivity contribution < 1.29 is 13.9 Å². The molecule has 1 atom stereocenters. The standard InChI is InChI=1S/C7H10F2N2O/c1-7(8,9)5(12)4-6-10-2-3-11-6/h2-3,5,12H,4H2,1H3,(H,10,11). The van der Waals surface area contributed by atoms with Gasteiger partial charge in [-0.3, -0.25) is 0 Å². The Kier molecular flexibility index (Phi) is 2.42. The van der Waals surface area contributed by atoms with Gasteiger partial charge in [-0.1, -0.05) is 0 Å². The smallest absolute Gasteiger partial charge is 0.271 e. The highest BCUT2D eigenvalue weighted by Gasteiger charge is 2.32. The summed E-state index contributed by atoms with van der Waals surface area (Å²) in [6.45, 7) is 0.681. The molecule has 1 aromatic heterocycles. The minimum Gasteiger partial charge on any atom is -0.386 e. The van der Waals surface area contributed by atoms with Gasteiger partial charge in [0.25, 0.3) is 5.92 Å². The van der Waals surface area contributed by atoms with E-state index in [4.69, 9.17) is 5.11 Å². The van der Waals surface area contributed by atoms with E-state index in [-0.39, 0.29) is 6.42 Å². The number of alkyl halides is 2. The average Bonchev–Trinajstić information content (AvgIpc) is 2.37. The SMILES string of the molecule is CC(F)(F)C(O)Cc1ncc[nH]1. The van der Waals surface area contributed by atoms with Gasteiger partial charge in [0.15, 0.2) is 0 Å². The van der Waals surface area contributed by atoms with Crippen molar-refractivity contribution in [1.29, 1.82) is 0 Å². The molecular formula is C7H10F2N2O. The molecule has 0 aliphatic carbocycles. The van der Waals surface area contributed by atoms with E-state index in [2.05, 4.69) is 9.97 Å². The van der Waals surface area contributed by atoms with E-state index in [1.54, 1.807) is 0 Å². The van der Waals surface area contributed by atoms with Crippen LogP contribution in [0.5, 0.6) is 0 Å². The molecule has 68 valence electrons. The largest absolute Gasteiger partial charge is 0.386 e. The van der Waals surface area contributed by atoms with Crippen LogP contribution in [0.2, 0.25) is 0 Å². The van der Waals surface area contributed by atoms with Crippen LogP contribution in [-0.2, 0) is 6.42 Å². The number of aromatic nitrogens is 2. The third-order valence-electron chi connectivity index (χ3n) is 1.53. The topological polar surface area (TPSA) is 48.9 Å². The van der Waals surface area contributed by atoms with Gasteiger partial charge in [-0.25, -0.2) is 13.8 Å². The summed E-state index contributed by atoms with van der Waals surface area (Å²) in [6, 6.07) is 0. The molecule has 0 aromatic carbocycles. The molecule has 0 radical (unpaired) electrons. The third kappa shape index (κ3) is 2.27. The highest BCUT2D eigenvalue weighted by molar-refractivity contribution is 4.91. The van der Waals surface area contributed by atoms with Gasteiger partial charge in [-0.15, -0.1) is 0 Å². The van der Waals surface area contributed by atoms with Crippen molar-refractivity contribution in [2.45, 2.75) is 25.4 Å². The summed E-state index contributed by atoms with van der Waals surface area (Å²) in [5.74, 6) is -2.71. The molecule has 0 fully saturated rings. The highest BCUT2D eigenvalue weighted by Crippen LogP contribution is 2.19. The van der Waals surface area contributed by atoms with Crippen molar-refractivity contribution in [2.75, 3.05) is 0 Å². The van der Waals surface area contributed by atoms with Crippen LogP contribution in [0.25, 0.3) is 0 Å². The van der Waals surface area contributed by atoms with Gasteiger partial charge in [-0.2, -0.15) is 0 Å². The van der Waals surface area contributed by atoms with Crippen LogP contribution in [0.1, 0.15) is 12.7 Å². The van der Waals surface area contributed by atoms with Gasteiger partial charge in [0.1, 0.15) is 11.9 Å². The molecule has 0 aliphatic rings. The maximum Gasteiger partial charge on any atom is 0.271 e. The lowest BCUT2D eigenvalue weighted by atomic mass is 10.1. The number of H-pyrrole nitrogens is 1. The molecule has 0 spiro atoms. The molecule has 3 nitrogen and oxygen atoms in total. The monoisotopic (exact) mass is 176 g/mol. The Balaban J connectivity index is 2.53. The summed E-state index contributed by atoms with van der Waals surface area (Å²) in [5.41, 5.74) is 0. The first-order chi connectivity index (χ1) is 5.50. The van der Waals surface area contributed by atoms with E-state index in [0.717, 1.165) is 0 Å². The van der Waals surface area contributed by atoms with Crippen LogP contribution in [0.15, 0.2) is 12.4 Å². The van der Waals surface area contributed by atoms with E-state index in [9.17, 15) is 8.78 Å². The second kappa shape index (κ2) is 3.18. The Labute approximate surface area is 68.4 Å². The normalized spacial score (nSPS) is 14.7. The number of aliphatic hydroxyl groups is 1. The first-order valence-corrected chi connectivity index (χ1v) is 3.54. The van der Waals surface area contributed by atoms with Gasteiger partial charge >= 0.3 is 0 Å². The van der Waals surface area contributed by atoms with Crippen molar-refractivity contribution in [3.05, 3.63) is 18.2 Å². The Hall–Kier alpha value is -0.970. The van der Waals surface area contributed by atoms with Crippen molar-refractivity contribution in [1.82, 2.24) is 9.97 Å². The highest BCUT2D eigenvalue weighted by atomic mass is 19.3. The fourth-order valence-electron chi connectivity index (χ4n) is 0.772. The number of halogens is 2. The molecular weight excluding hydrogens is 166 g/mol. The fourth-order valence-corrected chi connectivity index (χ4v) is 0.772. The van der Waals surface area contributed by atoms with Gasteiger partial charge in [0.2, 0.25) is 0 Å². The van der Waals surface area contributed by atoms with Crippen molar-refractivity contribution >= 4 is 0 Å². The Morgan fingerprint density at radius 2 is 2.42 bits per heavy atom. The quantitative estimate of drug-likeness (QED) is 0.720. The van der Waals surface area contributed by atoms with Crippen LogP contribution < -0.4 is 0 Å². The predicted octanol–water partition coefficient (Wildman–Crippen LogP) is 0.968. The molecule has 1 rings (SSSR count). The molecule has 0 saturated carbocycles. The lowest BCUT2D eigenvalue weighted by Crippen LogP contribution is -2.32.